The van der Waals surface area contributed by atoms with E-state index in [1.54, 1.807) is 12.3 Å². The quantitative estimate of drug-likeness (QED) is 0.678. The number of carbonyl (C=O) groups excluding carboxylic acids is 1. The molecule has 0 radical (unpaired) electrons. The van der Waals surface area contributed by atoms with Crippen LogP contribution in [0.15, 0.2) is 12.3 Å². The number of hydrogen-bond donors (Lipinski definition) is 3. The van der Waals surface area contributed by atoms with Crippen LogP contribution in [-0.2, 0) is 4.79 Å². The number of nitrogens with one attached hydrogen (secondary N) is 2. The van der Waals surface area contributed by atoms with Crippen molar-refractivity contribution in [3.8, 4) is 0 Å². The number of aromatic nitrogens is 1. The maximum Gasteiger partial charge on any atom is 0.222 e. The van der Waals surface area contributed by atoms with Crippen LogP contribution in [0, 0.1) is 5.41 Å². The molecule has 2 fully saturated rings. The SMILES string of the molecule is N=C(CCC(=O)N1CCCCC1)c1c(N)ccnc1NC1CCCCC1. The zero-order valence-electron chi connectivity index (χ0n) is 15.6. The second-order valence-corrected chi connectivity index (χ2v) is 7.52. The van der Waals surface area contributed by atoms with Crippen LogP contribution in [0.3, 0.4) is 0 Å². The van der Waals surface area contributed by atoms with Crippen molar-refractivity contribution >= 4 is 23.1 Å². The molecule has 6 nitrogen and oxygen atoms in total. The van der Waals surface area contributed by atoms with Gasteiger partial charge >= 0.3 is 0 Å². The summed E-state index contributed by atoms with van der Waals surface area (Å²) in [5.74, 6) is 0.853. The van der Waals surface area contributed by atoms with E-state index in [4.69, 9.17) is 11.1 Å². The molecular weight excluding hydrogens is 326 g/mol. The molecule has 1 aliphatic carbocycles. The molecule has 1 saturated heterocycles. The maximum atomic E-state index is 12.4. The summed E-state index contributed by atoms with van der Waals surface area (Å²) < 4.78 is 0. The van der Waals surface area contributed by atoms with E-state index < -0.39 is 0 Å². The van der Waals surface area contributed by atoms with Gasteiger partial charge in [0.05, 0.1) is 5.56 Å². The predicted molar refractivity (Wildman–Crippen MR) is 106 cm³/mol. The van der Waals surface area contributed by atoms with Crippen molar-refractivity contribution < 1.29 is 4.79 Å². The van der Waals surface area contributed by atoms with Crippen LogP contribution in [0.1, 0.15) is 69.8 Å². The lowest BCUT2D eigenvalue weighted by atomic mass is 9.95. The van der Waals surface area contributed by atoms with Gasteiger partial charge in [-0.1, -0.05) is 19.3 Å². The van der Waals surface area contributed by atoms with Crippen LogP contribution >= 0.6 is 0 Å². The normalized spacial score (nSPS) is 18.5. The standard InChI is InChI=1S/C20H31N5O/c21-16(9-10-18(26)25-13-5-2-6-14-25)19-17(22)11-12-23-20(19)24-15-7-3-1-4-8-15/h11-12,15,21H,1-10,13-14H2,(H3,22,23,24). The number of amides is 1. The van der Waals surface area contributed by atoms with Crippen molar-refractivity contribution in [2.75, 3.05) is 24.1 Å². The number of hydrogen-bond acceptors (Lipinski definition) is 5. The Bertz CT molecular complexity index is 633. The van der Waals surface area contributed by atoms with Crippen LogP contribution in [0.2, 0.25) is 0 Å². The highest BCUT2D eigenvalue weighted by atomic mass is 16.2. The molecule has 1 amide bonds. The van der Waals surface area contributed by atoms with Crippen LogP contribution in [0.5, 0.6) is 0 Å². The number of piperidine rings is 1. The zero-order valence-corrected chi connectivity index (χ0v) is 15.6. The smallest absolute Gasteiger partial charge is 0.222 e. The number of nitrogen functional groups attached to an aromatic ring is 1. The number of pyridine rings is 1. The molecule has 0 unspecified atom stereocenters. The van der Waals surface area contributed by atoms with E-state index in [0.29, 0.717) is 41.7 Å². The van der Waals surface area contributed by atoms with Crippen molar-refractivity contribution in [1.82, 2.24) is 9.88 Å². The fourth-order valence-corrected chi connectivity index (χ4v) is 4.00. The summed E-state index contributed by atoms with van der Waals surface area (Å²) in [7, 11) is 0. The van der Waals surface area contributed by atoms with E-state index in [9.17, 15) is 4.79 Å². The highest BCUT2D eigenvalue weighted by Gasteiger charge is 2.21. The van der Waals surface area contributed by atoms with Gasteiger partial charge in [-0.25, -0.2) is 4.98 Å². The molecule has 2 heterocycles. The second kappa shape index (κ2) is 9.01. The van der Waals surface area contributed by atoms with Gasteiger partial charge in [-0.05, 0) is 44.6 Å². The number of rotatable bonds is 6. The minimum absolute atomic E-state index is 0.152. The number of likely N-dealkylation sites (tertiary alicyclic amines) is 1. The van der Waals surface area contributed by atoms with Gasteiger partial charge in [0.15, 0.2) is 0 Å². The molecule has 26 heavy (non-hydrogen) atoms. The average molecular weight is 358 g/mol. The highest BCUT2D eigenvalue weighted by molar-refractivity contribution is 6.07. The van der Waals surface area contributed by atoms with Crippen LogP contribution in [0.4, 0.5) is 11.5 Å². The molecule has 2 aliphatic rings. The molecule has 1 aromatic rings. The molecule has 1 saturated carbocycles. The van der Waals surface area contributed by atoms with Crippen LogP contribution in [-0.4, -0.2) is 40.6 Å². The molecule has 6 heteroatoms. The van der Waals surface area contributed by atoms with Crippen molar-refractivity contribution in [2.45, 2.75) is 70.3 Å². The first-order valence-corrected chi connectivity index (χ1v) is 10.0. The molecular formula is C20H31N5O. The van der Waals surface area contributed by atoms with E-state index in [-0.39, 0.29) is 5.91 Å². The van der Waals surface area contributed by atoms with E-state index >= 15 is 0 Å². The van der Waals surface area contributed by atoms with E-state index in [1.165, 1.54) is 25.7 Å². The molecule has 0 spiro atoms. The topological polar surface area (TPSA) is 95.1 Å². The van der Waals surface area contributed by atoms with Gasteiger partial charge in [0.1, 0.15) is 5.82 Å². The first-order chi connectivity index (χ1) is 12.6. The number of anilines is 2. The van der Waals surface area contributed by atoms with Crippen molar-refractivity contribution in [2.24, 2.45) is 0 Å². The van der Waals surface area contributed by atoms with Crippen molar-refractivity contribution in [3.05, 3.63) is 17.8 Å². The van der Waals surface area contributed by atoms with Gasteiger partial charge in [0.2, 0.25) is 5.91 Å². The molecule has 1 aliphatic heterocycles. The second-order valence-electron chi connectivity index (χ2n) is 7.52. The fourth-order valence-electron chi connectivity index (χ4n) is 4.00. The molecule has 142 valence electrons. The third kappa shape index (κ3) is 4.74. The number of nitrogens with zero attached hydrogens (tertiary/aromatic N) is 2. The largest absolute Gasteiger partial charge is 0.398 e. The third-order valence-electron chi connectivity index (χ3n) is 5.53. The van der Waals surface area contributed by atoms with Gasteiger partial charge in [0.25, 0.3) is 0 Å². The Morgan fingerprint density at radius 3 is 2.58 bits per heavy atom. The van der Waals surface area contributed by atoms with Crippen LogP contribution in [0.25, 0.3) is 0 Å². The Morgan fingerprint density at radius 1 is 1.15 bits per heavy atom. The van der Waals surface area contributed by atoms with Gasteiger partial charge in [-0.15, -0.1) is 0 Å². The summed E-state index contributed by atoms with van der Waals surface area (Å²) in [6.07, 6.45) is 11.9. The molecule has 0 atom stereocenters. The van der Waals surface area contributed by atoms with E-state index in [2.05, 4.69) is 10.3 Å². The Kier molecular flexibility index (Phi) is 6.47. The minimum atomic E-state index is 0.152. The summed E-state index contributed by atoms with van der Waals surface area (Å²) in [5.41, 5.74) is 7.80. The summed E-state index contributed by atoms with van der Waals surface area (Å²) >= 11 is 0. The lowest BCUT2D eigenvalue weighted by molar-refractivity contribution is -0.131. The van der Waals surface area contributed by atoms with Crippen molar-refractivity contribution in [3.63, 3.8) is 0 Å². The Morgan fingerprint density at radius 2 is 1.85 bits per heavy atom. The van der Waals surface area contributed by atoms with Crippen LogP contribution < -0.4 is 11.1 Å². The first-order valence-electron chi connectivity index (χ1n) is 10.0. The van der Waals surface area contributed by atoms with Crippen molar-refractivity contribution in [1.29, 1.82) is 5.41 Å². The lowest BCUT2D eigenvalue weighted by Gasteiger charge is -2.27. The average Bonchev–Trinajstić information content (AvgIpc) is 2.67. The summed E-state index contributed by atoms with van der Waals surface area (Å²) in [6, 6.07) is 2.14. The molecule has 3 rings (SSSR count). The lowest BCUT2D eigenvalue weighted by Crippen LogP contribution is -2.35. The summed E-state index contributed by atoms with van der Waals surface area (Å²) in [6.45, 7) is 1.71. The third-order valence-corrected chi connectivity index (χ3v) is 5.53. The Balaban J connectivity index is 1.63. The zero-order chi connectivity index (χ0) is 18.4. The first kappa shape index (κ1) is 18.7. The highest BCUT2D eigenvalue weighted by Crippen LogP contribution is 2.26. The van der Waals surface area contributed by atoms with Gasteiger partial charge in [0, 0.05) is 43.1 Å². The fraction of sp³-hybridized carbons (Fsp3) is 0.650. The van der Waals surface area contributed by atoms with Gasteiger partial charge in [-0.2, -0.15) is 0 Å². The monoisotopic (exact) mass is 357 g/mol. The molecule has 0 aromatic carbocycles. The van der Waals surface area contributed by atoms with Gasteiger partial charge < -0.3 is 21.4 Å². The molecule has 0 bridgehead atoms. The maximum absolute atomic E-state index is 12.4. The van der Waals surface area contributed by atoms with E-state index in [1.807, 2.05) is 4.90 Å². The predicted octanol–water partition coefficient (Wildman–Crippen LogP) is 3.57. The summed E-state index contributed by atoms with van der Waals surface area (Å²) in [5, 5.41) is 12.0. The van der Waals surface area contributed by atoms with Gasteiger partial charge in [-0.3, -0.25) is 4.79 Å². The Labute approximate surface area is 156 Å². The Hall–Kier alpha value is -2.11. The number of carbonyl (C=O) groups is 1. The molecule has 1 aromatic heterocycles. The minimum Gasteiger partial charge on any atom is -0.398 e. The molecule has 4 N–H and O–H groups in total. The van der Waals surface area contributed by atoms with E-state index in [0.717, 1.165) is 38.8 Å². The number of nitrogens with two attached hydrogens (primary N) is 1. The summed E-state index contributed by atoms with van der Waals surface area (Å²) in [4.78, 5) is 18.8.